The maximum atomic E-state index is 13.8. The van der Waals surface area contributed by atoms with Crippen LogP contribution in [0.3, 0.4) is 0 Å². The van der Waals surface area contributed by atoms with Gasteiger partial charge in [-0.3, -0.25) is 4.79 Å². The van der Waals surface area contributed by atoms with Crippen LogP contribution in [0.25, 0.3) is 0 Å². The number of anilines is 1. The number of nitrogens with zero attached hydrogens (tertiary/aromatic N) is 3. The number of amides is 1. The lowest BCUT2D eigenvalue weighted by Gasteiger charge is -2.32. The third-order valence-corrected chi connectivity index (χ3v) is 6.45. The second-order valence-corrected chi connectivity index (χ2v) is 8.73. The average molecular weight is 412 g/mol. The number of nitrogens with one attached hydrogen (secondary N) is 1. The number of likely N-dealkylation sites (tertiary alicyclic amines) is 1. The van der Waals surface area contributed by atoms with Crippen LogP contribution >= 0.6 is 11.3 Å². The van der Waals surface area contributed by atoms with Crippen molar-refractivity contribution in [1.82, 2.24) is 14.7 Å². The standard InChI is InChI=1S/C19H23F3N4OS/c1-11(2)18(27)25-7-3-5-14(25)12-10-17-23-13(15-6-4-8-28-15)9-16(19(20,21)22)26(17)24-12/h4,6,8,10-11,13-14,16,23H,3,5,7,9H2,1-2H3/t13-,14?,16+/m0/s1. The quantitative estimate of drug-likeness (QED) is 0.778. The normalized spacial score (nSPS) is 25.1. The van der Waals surface area contributed by atoms with E-state index in [1.165, 1.54) is 11.3 Å². The molecule has 0 bridgehead atoms. The monoisotopic (exact) mass is 412 g/mol. The van der Waals surface area contributed by atoms with Crippen molar-refractivity contribution in [2.45, 2.75) is 57.4 Å². The van der Waals surface area contributed by atoms with E-state index >= 15 is 0 Å². The van der Waals surface area contributed by atoms with Crippen molar-refractivity contribution < 1.29 is 18.0 Å². The molecule has 4 heterocycles. The first kappa shape index (κ1) is 19.3. The topological polar surface area (TPSA) is 50.2 Å². The number of aromatic nitrogens is 2. The highest BCUT2D eigenvalue weighted by molar-refractivity contribution is 7.10. The van der Waals surface area contributed by atoms with Crippen molar-refractivity contribution in [3.63, 3.8) is 0 Å². The fraction of sp³-hybridized carbons (Fsp3) is 0.579. The van der Waals surface area contributed by atoms with Gasteiger partial charge in [-0.1, -0.05) is 19.9 Å². The van der Waals surface area contributed by atoms with Gasteiger partial charge in [-0.2, -0.15) is 18.3 Å². The van der Waals surface area contributed by atoms with Crippen LogP contribution in [0.4, 0.5) is 19.0 Å². The Bertz CT molecular complexity index is 846. The van der Waals surface area contributed by atoms with Gasteiger partial charge in [0.1, 0.15) is 5.82 Å². The zero-order chi connectivity index (χ0) is 20.1. The number of halogens is 3. The number of alkyl halides is 3. The molecule has 1 fully saturated rings. The molecule has 0 spiro atoms. The minimum absolute atomic E-state index is 0.0188. The highest BCUT2D eigenvalue weighted by atomic mass is 32.1. The van der Waals surface area contributed by atoms with Crippen LogP contribution in [-0.2, 0) is 4.79 Å². The first-order valence-corrected chi connectivity index (χ1v) is 10.4. The van der Waals surface area contributed by atoms with Crippen LogP contribution in [0.1, 0.15) is 61.8 Å². The molecule has 5 nitrogen and oxygen atoms in total. The Balaban J connectivity index is 1.68. The molecule has 1 amide bonds. The van der Waals surface area contributed by atoms with Crippen LogP contribution in [0.15, 0.2) is 23.6 Å². The minimum Gasteiger partial charge on any atom is -0.363 e. The summed E-state index contributed by atoms with van der Waals surface area (Å²) < 4.78 is 42.4. The second-order valence-electron chi connectivity index (χ2n) is 7.75. The van der Waals surface area contributed by atoms with E-state index in [0.717, 1.165) is 22.4 Å². The number of fused-ring (bicyclic) bond motifs is 1. The first-order chi connectivity index (χ1) is 13.3. The van der Waals surface area contributed by atoms with Gasteiger partial charge in [0, 0.05) is 29.8 Å². The van der Waals surface area contributed by atoms with Crippen LogP contribution in [0.5, 0.6) is 0 Å². The van der Waals surface area contributed by atoms with Crippen LogP contribution in [0, 0.1) is 5.92 Å². The van der Waals surface area contributed by atoms with Gasteiger partial charge in [0.05, 0.1) is 17.8 Å². The molecule has 1 N–H and O–H groups in total. The third-order valence-electron chi connectivity index (χ3n) is 5.47. The van der Waals surface area contributed by atoms with Gasteiger partial charge in [0.15, 0.2) is 6.04 Å². The first-order valence-electron chi connectivity index (χ1n) is 9.52. The van der Waals surface area contributed by atoms with Crippen molar-refractivity contribution in [3.8, 4) is 0 Å². The predicted octanol–water partition coefficient (Wildman–Crippen LogP) is 4.92. The lowest BCUT2D eigenvalue weighted by atomic mass is 10.0. The molecule has 152 valence electrons. The van der Waals surface area contributed by atoms with Gasteiger partial charge in [-0.25, -0.2) is 4.68 Å². The molecule has 0 aliphatic carbocycles. The van der Waals surface area contributed by atoms with E-state index in [4.69, 9.17) is 0 Å². The largest absolute Gasteiger partial charge is 0.410 e. The molecule has 0 radical (unpaired) electrons. The molecule has 2 aliphatic heterocycles. The summed E-state index contributed by atoms with van der Waals surface area (Å²) in [6.07, 6.45) is -2.94. The molecule has 2 aromatic heterocycles. The molecule has 9 heteroatoms. The molecule has 4 rings (SSSR count). The summed E-state index contributed by atoms with van der Waals surface area (Å²) >= 11 is 1.44. The fourth-order valence-electron chi connectivity index (χ4n) is 4.10. The maximum absolute atomic E-state index is 13.8. The van der Waals surface area contributed by atoms with Crippen LogP contribution in [0.2, 0.25) is 0 Å². The van der Waals surface area contributed by atoms with E-state index in [2.05, 4.69) is 10.4 Å². The molecule has 0 saturated carbocycles. The van der Waals surface area contributed by atoms with Gasteiger partial charge >= 0.3 is 6.18 Å². The van der Waals surface area contributed by atoms with Crippen LogP contribution in [-0.4, -0.2) is 33.3 Å². The summed E-state index contributed by atoms with van der Waals surface area (Å²) in [6, 6.07) is 3.04. The Labute approximate surface area is 165 Å². The molecule has 1 saturated heterocycles. The van der Waals surface area contributed by atoms with Gasteiger partial charge in [0.25, 0.3) is 0 Å². The van der Waals surface area contributed by atoms with Crippen molar-refractivity contribution >= 4 is 23.1 Å². The van der Waals surface area contributed by atoms with Crippen LogP contribution < -0.4 is 5.32 Å². The van der Waals surface area contributed by atoms with E-state index in [9.17, 15) is 18.0 Å². The Morgan fingerprint density at radius 1 is 1.39 bits per heavy atom. The number of rotatable bonds is 3. The summed E-state index contributed by atoms with van der Waals surface area (Å²) in [6.45, 7) is 4.30. The Morgan fingerprint density at radius 2 is 2.18 bits per heavy atom. The summed E-state index contributed by atoms with van der Waals surface area (Å²) in [5.74, 6) is 0.234. The highest BCUT2D eigenvalue weighted by Crippen LogP contribution is 2.45. The van der Waals surface area contributed by atoms with E-state index in [0.29, 0.717) is 18.1 Å². The fourth-order valence-corrected chi connectivity index (χ4v) is 4.89. The predicted molar refractivity (Wildman–Crippen MR) is 101 cm³/mol. The van der Waals surface area contributed by atoms with Gasteiger partial charge in [-0.05, 0) is 24.3 Å². The second kappa shape index (κ2) is 7.09. The zero-order valence-electron chi connectivity index (χ0n) is 15.7. The van der Waals surface area contributed by atoms with E-state index in [1.807, 2.05) is 31.4 Å². The molecule has 0 aromatic carbocycles. The maximum Gasteiger partial charge on any atom is 0.410 e. The molecular weight excluding hydrogens is 389 g/mol. The van der Waals surface area contributed by atoms with E-state index in [1.54, 1.807) is 11.0 Å². The number of thiophene rings is 1. The summed E-state index contributed by atoms with van der Waals surface area (Å²) in [5, 5.41) is 9.42. The smallest absolute Gasteiger partial charge is 0.363 e. The summed E-state index contributed by atoms with van der Waals surface area (Å²) in [7, 11) is 0. The van der Waals surface area contributed by atoms with E-state index < -0.39 is 18.3 Å². The van der Waals surface area contributed by atoms with Gasteiger partial charge < -0.3 is 10.2 Å². The molecule has 1 unspecified atom stereocenters. The van der Waals surface area contributed by atoms with Crippen molar-refractivity contribution in [3.05, 3.63) is 34.2 Å². The Kier molecular flexibility index (Phi) is 4.89. The molecule has 3 atom stereocenters. The Morgan fingerprint density at radius 3 is 2.82 bits per heavy atom. The molecule has 2 aliphatic rings. The average Bonchev–Trinajstić information content (AvgIpc) is 3.37. The lowest BCUT2D eigenvalue weighted by Crippen LogP contribution is -2.36. The van der Waals surface area contributed by atoms with Crippen molar-refractivity contribution in [1.29, 1.82) is 0 Å². The Hall–Kier alpha value is -2.03. The van der Waals surface area contributed by atoms with E-state index in [-0.39, 0.29) is 24.3 Å². The third kappa shape index (κ3) is 3.40. The summed E-state index contributed by atoms with van der Waals surface area (Å²) in [4.78, 5) is 15.1. The summed E-state index contributed by atoms with van der Waals surface area (Å²) in [5.41, 5.74) is 0.537. The highest BCUT2D eigenvalue weighted by Gasteiger charge is 2.47. The van der Waals surface area contributed by atoms with Gasteiger partial charge in [0.2, 0.25) is 5.91 Å². The number of carbonyl (C=O) groups excluding carboxylic acids is 1. The number of hydrogen-bond donors (Lipinski definition) is 1. The van der Waals surface area contributed by atoms with Crippen molar-refractivity contribution in [2.24, 2.45) is 5.92 Å². The number of carbonyl (C=O) groups is 1. The molecule has 2 aromatic rings. The minimum atomic E-state index is -4.39. The van der Waals surface area contributed by atoms with Crippen molar-refractivity contribution in [2.75, 3.05) is 11.9 Å². The van der Waals surface area contributed by atoms with Gasteiger partial charge in [-0.15, -0.1) is 11.3 Å². The number of hydrogen-bond acceptors (Lipinski definition) is 4. The molecular formula is C19H23F3N4OS. The molecule has 28 heavy (non-hydrogen) atoms. The SMILES string of the molecule is CC(C)C(=O)N1CCCC1c1cc2n(n1)[C@@H](C(F)(F)F)C[C@@H](c1cccs1)N2. The lowest BCUT2D eigenvalue weighted by molar-refractivity contribution is -0.173. The zero-order valence-corrected chi connectivity index (χ0v) is 16.6.